The summed E-state index contributed by atoms with van der Waals surface area (Å²) in [5.41, 5.74) is 6.00. The van der Waals surface area contributed by atoms with Gasteiger partial charge in [-0.3, -0.25) is 15.0 Å². The highest BCUT2D eigenvalue weighted by Gasteiger charge is 2.18. The second-order valence-electron chi connectivity index (χ2n) is 5.30. The van der Waals surface area contributed by atoms with Crippen molar-refractivity contribution in [3.8, 4) is 5.75 Å². The van der Waals surface area contributed by atoms with E-state index in [-0.39, 0.29) is 17.4 Å². The van der Waals surface area contributed by atoms with E-state index >= 15 is 0 Å². The van der Waals surface area contributed by atoms with Gasteiger partial charge in [-0.25, -0.2) is 9.97 Å². The van der Waals surface area contributed by atoms with E-state index in [0.29, 0.717) is 17.5 Å². The number of nitro groups is 1. The number of nitrogen functional groups attached to an aromatic ring is 1. The normalized spacial score (nSPS) is 15.7. The number of nitrogens with zero attached hydrogens (tertiary/aromatic N) is 4. The summed E-state index contributed by atoms with van der Waals surface area (Å²) in [6, 6.07) is 2.96. The fourth-order valence-corrected chi connectivity index (χ4v) is 2.54. The van der Waals surface area contributed by atoms with Crippen molar-refractivity contribution in [2.24, 2.45) is 0 Å². The van der Waals surface area contributed by atoms with Crippen LogP contribution in [0.5, 0.6) is 5.75 Å². The minimum atomic E-state index is -0.462. The number of rotatable bonds is 5. The molecule has 9 nitrogen and oxygen atoms in total. The van der Waals surface area contributed by atoms with Crippen LogP contribution >= 0.6 is 0 Å². The summed E-state index contributed by atoms with van der Waals surface area (Å²) in [5.74, 6) is 0.328. The molecule has 1 aliphatic rings. The molecule has 1 aromatic carbocycles. The summed E-state index contributed by atoms with van der Waals surface area (Å²) in [5, 5.41) is 15.1. The highest BCUT2D eigenvalue weighted by atomic mass is 16.6. The van der Waals surface area contributed by atoms with Gasteiger partial charge in [-0.05, 0) is 0 Å². The van der Waals surface area contributed by atoms with Crippen molar-refractivity contribution in [1.29, 1.82) is 0 Å². The molecule has 1 fully saturated rings. The number of nitrogens with two attached hydrogens (primary N) is 1. The van der Waals surface area contributed by atoms with E-state index in [0.717, 1.165) is 32.7 Å². The second kappa shape index (κ2) is 6.71. The molecular formula is C14H18N6O3. The standard InChI is InChI=1S/C14H18N6O3/c15-14-17-9-10-7-12(20(21)22)13(8-11(10)18-14)23-6-5-19-3-1-16-2-4-19/h7-9,16H,1-6H2,(H2,15,17,18). The van der Waals surface area contributed by atoms with Gasteiger partial charge in [0.25, 0.3) is 0 Å². The second-order valence-corrected chi connectivity index (χ2v) is 5.30. The number of fused-ring (bicyclic) bond motifs is 1. The van der Waals surface area contributed by atoms with Crippen molar-refractivity contribution in [2.75, 3.05) is 45.1 Å². The third kappa shape index (κ3) is 3.63. The summed E-state index contributed by atoms with van der Waals surface area (Å²) in [6.07, 6.45) is 1.47. The Morgan fingerprint density at radius 1 is 1.39 bits per heavy atom. The van der Waals surface area contributed by atoms with Gasteiger partial charge in [-0.1, -0.05) is 0 Å². The van der Waals surface area contributed by atoms with Crippen LogP contribution in [-0.2, 0) is 0 Å². The molecule has 0 radical (unpaired) electrons. The molecule has 23 heavy (non-hydrogen) atoms. The average molecular weight is 318 g/mol. The van der Waals surface area contributed by atoms with Gasteiger partial charge in [0.15, 0.2) is 5.75 Å². The number of anilines is 1. The molecule has 1 aromatic heterocycles. The molecule has 2 heterocycles. The Bertz CT molecular complexity index is 717. The Labute approximate surface area is 132 Å². The number of aromatic nitrogens is 2. The lowest BCUT2D eigenvalue weighted by atomic mass is 10.2. The largest absolute Gasteiger partial charge is 0.485 e. The first-order valence-electron chi connectivity index (χ1n) is 7.40. The average Bonchev–Trinajstić information content (AvgIpc) is 2.55. The lowest BCUT2D eigenvalue weighted by Crippen LogP contribution is -2.44. The number of ether oxygens (including phenoxy) is 1. The molecule has 1 aliphatic heterocycles. The molecule has 0 saturated carbocycles. The highest BCUT2D eigenvalue weighted by Crippen LogP contribution is 2.31. The van der Waals surface area contributed by atoms with Gasteiger partial charge in [-0.15, -0.1) is 0 Å². The maximum atomic E-state index is 11.2. The van der Waals surface area contributed by atoms with Crippen LogP contribution < -0.4 is 15.8 Å². The van der Waals surface area contributed by atoms with Crippen molar-refractivity contribution in [3.05, 3.63) is 28.4 Å². The minimum absolute atomic E-state index is 0.0915. The molecule has 2 aromatic rings. The van der Waals surface area contributed by atoms with E-state index in [2.05, 4.69) is 20.2 Å². The van der Waals surface area contributed by atoms with Gasteiger partial charge < -0.3 is 15.8 Å². The number of hydrogen-bond acceptors (Lipinski definition) is 8. The predicted octanol–water partition coefficient (Wildman–Crippen LogP) is 0.404. The Balaban J connectivity index is 1.77. The minimum Gasteiger partial charge on any atom is -0.485 e. The van der Waals surface area contributed by atoms with Gasteiger partial charge in [-0.2, -0.15) is 0 Å². The molecule has 0 spiro atoms. The van der Waals surface area contributed by atoms with E-state index < -0.39 is 4.92 Å². The fraction of sp³-hybridized carbons (Fsp3) is 0.429. The van der Waals surface area contributed by atoms with Crippen LogP contribution in [0, 0.1) is 10.1 Å². The highest BCUT2D eigenvalue weighted by molar-refractivity contribution is 5.83. The monoisotopic (exact) mass is 318 g/mol. The smallest absolute Gasteiger partial charge is 0.311 e. The number of piperazine rings is 1. The fourth-order valence-electron chi connectivity index (χ4n) is 2.54. The van der Waals surface area contributed by atoms with Gasteiger partial charge in [0.1, 0.15) is 6.61 Å². The maximum absolute atomic E-state index is 11.2. The molecule has 3 rings (SSSR count). The van der Waals surface area contributed by atoms with E-state index in [1.54, 1.807) is 6.07 Å². The molecule has 3 N–H and O–H groups in total. The molecule has 0 aliphatic carbocycles. The van der Waals surface area contributed by atoms with Crippen molar-refractivity contribution in [1.82, 2.24) is 20.2 Å². The van der Waals surface area contributed by atoms with Gasteiger partial charge in [0.2, 0.25) is 5.95 Å². The number of benzene rings is 1. The first kappa shape index (κ1) is 15.4. The maximum Gasteiger partial charge on any atom is 0.311 e. The van der Waals surface area contributed by atoms with Crippen LogP contribution in [0.3, 0.4) is 0 Å². The molecule has 122 valence electrons. The summed E-state index contributed by atoms with van der Waals surface area (Å²) >= 11 is 0. The molecule has 0 amide bonds. The van der Waals surface area contributed by atoms with E-state index in [1.165, 1.54) is 12.3 Å². The summed E-state index contributed by atoms with van der Waals surface area (Å²) in [4.78, 5) is 21.0. The Morgan fingerprint density at radius 2 is 2.17 bits per heavy atom. The summed E-state index contributed by atoms with van der Waals surface area (Å²) < 4.78 is 5.64. The predicted molar refractivity (Wildman–Crippen MR) is 85.4 cm³/mol. The topological polar surface area (TPSA) is 119 Å². The van der Waals surface area contributed by atoms with Crippen LogP contribution in [0.2, 0.25) is 0 Å². The van der Waals surface area contributed by atoms with Gasteiger partial charge in [0, 0.05) is 56.4 Å². The van der Waals surface area contributed by atoms with Crippen molar-refractivity contribution in [3.63, 3.8) is 0 Å². The van der Waals surface area contributed by atoms with E-state index in [9.17, 15) is 10.1 Å². The number of nitrogens with one attached hydrogen (secondary N) is 1. The zero-order valence-electron chi connectivity index (χ0n) is 12.6. The van der Waals surface area contributed by atoms with Crippen LogP contribution in [-0.4, -0.2) is 59.1 Å². The van der Waals surface area contributed by atoms with Crippen molar-refractivity contribution >= 4 is 22.5 Å². The molecule has 0 atom stereocenters. The zero-order valence-corrected chi connectivity index (χ0v) is 12.6. The van der Waals surface area contributed by atoms with Crippen LogP contribution in [0.25, 0.3) is 10.9 Å². The number of nitro benzene ring substituents is 1. The zero-order chi connectivity index (χ0) is 16.2. The first-order chi connectivity index (χ1) is 11.1. The molecular weight excluding hydrogens is 300 g/mol. The lowest BCUT2D eigenvalue weighted by Gasteiger charge is -2.26. The van der Waals surface area contributed by atoms with Crippen LogP contribution in [0.4, 0.5) is 11.6 Å². The van der Waals surface area contributed by atoms with Crippen molar-refractivity contribution < 1.29 is 9.66 Å². The Morgan fingerprint density at radius 3 is 2.91 bits per heavy atom. The lowest BCUT2D eigenvalue weighted by molar-refractivity contribution is -0.385. The molecule has 1 saturated heterocycles. The van der Waals surface area contributed by atoms with Crippen molar-refractivity contribution in [2.45, 2.75) is 0 Å². The summed E-state index contributed by atoms with van der Waals surface area (Å²) in [7, 11) is 0. The summed E-state index contributed by atoms with van der Waals surface area (Å²) in [6.45, 7) is 4.91. The first-order valence-corrected chi connectivity index (χ1v) is 7.40. The van der Waals surface area contributed by atoms with Gasteiger partial charge >= 0.3 is 5.69 Å². The quantitative estimate of drug-likeness (QED) is 0.600. The van der Waals surface area contributed by atoms with Crippen LogP contribution in [0.15, 0.2) is 18.3 Å². The van der Waals surface area contributed by atoms with E-state index in [4.69, 9.17) is 10.5 Å². The SMILES string of the molecule is Nc1ncc2cc([N+](=O)[O-])c(OCCN3CCNCC3)cc2n1. The Kier molecular flexibility index (Phi) is 4.49. The third-order valence-electron chi connectivity index (χ3n) is 3.75. The van der Waals surface area contributed by atoms with E-state index in [1.807, 2.05) is 0 Å². The molecule has 0 bridgehead atoms. The number of hydrogen-bond donors (Lipinski definition) is 2. The van der Waals surface area contributed by atoms with Crippen LogP contribution in [0.1, 0.15) is 0 Å². The van der Waals surface area contributed by atoms with Gasteiger partial charge in [0.05, 0.1) is 10.4 Å². The molecule has 0 unspecified atom stereocenters. The molecule has 9 heteroatoms. The Hall–Kier alpha value is -2.52. The third-order valence-corrected chi connectivity index (χ3v) is 3.75.